The first-order valence-electron chi connectivity index (χ1n) is 8.00. The third-order valence-corrected chi connectivity index (χ3v) is 5.31. The number of thioether (sulfide) groups is 1. The van der Waals surface area contributed by atoms with Crippen molar-refractivity contribution >= 4 is 34.2 Å². The Labute approximate surface area is 141 Å². The minimum absolute atomic E-state index is 0.116. The summed E-state index contributed by atoms with van der Waals surface area (Å²) in [6.45, 7) is 5.63. The van der Waals surface area contributed by atoms with E-state index in [9.17, 15) is 9.59 Å². The Balaban J connectivity index is 1.62. The third kappa shape index (κ3) is 4.06. The summed E-state index contributed by atoms with van der Waals surface area (Å²) in [4.78, 5) is 27.4. The van der Waals surface area contributed by atoms with E-state index in [1.165, 1.54) is 17.4 Å². The zero-order valence-electron chi connectivity index (χ0n) is 13.4. The number of nitrogens with zero attached hydrogens (tertiary/aromatic N) is 2. The smallest absolute Gasteiger partial charge is 0.227 e. The maximum atomic E-state index is 12.2. The van der Waals surface area contributed by atoms with E-state index in [2.05, 4.69) is 17.0 Å². The Morgan fingerprint density at radius 1 is 1.22 bits per heavy atom. The van der Waals surface area contributed by atoms with Gasteiger partial charge in [0.25, 0.3) is 0 Å². The zero-order valence-corrected chi connectivity index (χ0v) is 14.2. The van der Waals surface area contributed by atoms with Gasteiger partial charge in [-0.3, -0.25) is 9.59 Å². The Bertz CT molecular complexity index is 570. The van der Waals surface area contributed by atoms with Crippen LogP contribution in [0.25, 0.3) is 0 Å². The van der Waals surface area contributed by atoms with Gasteiger partial charge < -0.3 is 14.5 Å². The second-order valence-corrected chi connectivity index (χ2v) is 7.19. The predicted molar refractivity (Wildman–Crippen MR) is 93.1 cm³/mol. The average Bonchev–Trinajstić information content (AvgIpc) is 2.95. The molecule has 0 radical (unpaired) electrons. The van der Waals surface area contributed by atoms with Crippen molar-refractivity contribution in [2.24, 2.45) is 5.92 Å². The number of benzene rings is 1. The number of anilines is 2. The van der Waals surface area contributed by atoms with Gasteiger partial charge in [0.05, 0.1) is 13.2 Å². The van der Waals surface area contributed by atoms with Gasteiger partial charge in [-0.15, -0.1) is 0 Å². The molecule has 124 valence electrons. The monoisotopic (exact) mass is 334 g/mol. The fourth-order valence-electron chi connectivity index (χ4n) is 3.04. The highest BCUT2D eigenvalue weighted by Crippen LogP contribution is 2.29. The number of amides is 1. The summed E-state index contributed by atoms with van der Waals surface area (Å²) in [5.74, 6) is 1.14. The van der Waals surface area contributed by atoms with Gasteiger partial charge in [0.15, 0.2) is 5.12 Å². The molecule has 0 spiro atoms. The maximum Gasteiger partial charge on any atom is 0.227 e. The molecule has 2 saturated heterocycles. The van der Waals surface area contributed by atoms with E-state index in [0.717, 1.165) is 37.7 Å². The molecule has 2 aliphatic rings. The molecule has 3 rings (SSSR count). The molecule has 1 amide bonds. The van der Waals surface area contributed by atoms with E-state index in [4.69, 9.17) is 4.74 Å². The normalized spacial score (nSPS) is 21.8. The van der Waals surface area contributed by atoms with Crippen LogP contribution in [0.2, 0.25) is 0 Å². The first-order chi connectivity index (χ1) is 11.1. The Hall–Kier alpha value is -1.53. The van der Waals surface area contributed by atoms with Crippen LogP contribution in [0, 0.1) is 5.92 Å². The molecular formula is C17H22N2O3S. The molecule has 2 heterocycles. The fourth-order valence-corrected chi connectivity index (χ4v) is 3.74. The van der Waals surface area contributed by atoms with Crippen LogP contribution in [-0.2, 0) is 14.3 Å². The van der Waals surface area contributed by atoms with Crippen LogP contribution in [0.4, 0.5) is 11.4 Å². The molecule has 6 heteroatoms. The summed E-state index contributed by atoms with van der Waals surface area (Å²) in [5.41, 5.74) is 2.12. The van der Waals surface area contributed by atoms with Crippen LogP contribution in [0.15, 0.2) is 24.3 Å². The molecule has 1 aromatic carbocycles. The molecule has 0 N–H and O–H groups in total. The molecule has 1 aromatic rings. The largest absolute Gasteiger partial charge is 0.378 e. The highest BCUT2D eigenvalue weighted by Gasteiger charge is 2.30. The van der Waals surface area contributed by atoms with Gasteiger partial charge in [0.1, 0.15) is 0 Å². The molecule has 23 heavy (non-hydrogen) atoms. The molecule has 0 saturated carbocycles. The van der Waals surface area contributed by atoms with Crippen molar-refractivity contribution in [2.45, 2.75) is 13.3 Å². The van der Waals surface area contributed by atoms with Gasteiger partial charge >= 0.3 is 0 Å². The number of morpholine rings is 1. The summed E-state index contributed by atoms with van der Waals surface area (Å²) in [6.07, 6.45) is 0.533. The number of carbonyl (C=O) groups excluding carboxylic acids is 2. The standard InChI is InChI=1S/C17H22N2O3S/c1-13(20)23-12-14-10-17(21)19(11-14)16-4-2-15(3-5-16)18-6-8-22-9-7-18/h2-5,14H,6-12H2,1H3. The molecule has 1 unspecified atom stereocenters. The lowest BCUT2D eigenvalue weighted by Crippen LogP contribution is -2.36. The second-order valence-electron chi connectivity index (χ2n) is 5.99. The minimum Gasteiger partial charge on any atom is -0.378 e. The Kier molecular flexibility index (Phi) is 5.23. The van der Waals surface area contributed by atoms with Crippen LogP contribution >= 0.6 is 11.8 Å². The van der Waals surface area contributed by atoms with E-state index < -0.39 is 0 Å². The number of hydrogen-bond donors (Lipinski definition) is 0. The lowest BCUT2D eigenvalue weighted by Gasteiger charge is -2.29. The summed E-state index contributed by atoms with van der Waals surface area (Å²) < 4.78 is 5.37. The summed E-state index contributed by atoms with van der Waals surface area (Å²) in [6, 6.07) is 8.18. The highest BCUT2D eigenvalue weighted by molar-refractivity contribution is 8.13. The van der Waals surface area contributed by atoms with Crippen LogP contribution in [0.5, 0.6) is 0 Å². The van der Waals surface area contributed by atoms with E-state index >= 15 is 0 Å². The van der Waals surface area contributed by atoms with Crippen LogP contribution in [-0.4, -0.2) is 49.6 Å². The van der Waals surface area contributed by atoms with Crippen molar-refractivity contribution in [3.8, 4) is 0 Å². The van der Waals surface area contributed by atoms with Crippen molar-refractivity contribution in [1.82, 2.24) is 0 Å². The van der Waals surface area contributed by atoms with Crippen LogP contribution < -0.4 is 9.80 Å². The fraction of sp³-hybridized carbons (Fsp3) is 0.529. The van der Waals surface area contributed by atoms with Crippen molar-refractivity contribution in [3.63, 3.8) is 0 Å². The van der Waals surface area contributed by atoms with Crippen molar-refractivity contribution in [2.75, 3.05) is 48.4 Å². The molecule has 1 atom stereocenters. The first kappa shape index (κ1) is 16.3. The quantitative estimate of drug-likeness (QED) is 0.844. The van der Waals surface area contributed by atoms with E-state index in [1.54, 1.807) is 6.92 Å². The molecule has 0 bridgehead atoms. The zero-order chi connectivity index (χ0) is 16.2. The summed E-state index contributed by atoms with van der Waals surface area (Å²) in [7, 11) is 0. The number of hydrogen-bond acceptors (Lipinski definition) is 5. The van der Waals surface area contributed by atoms with Crippen LogP contribution in [0.1, 0.15) is 13.3 Å². The van der Waals surface area contributed by atoms with E-state index in [1.807, 2.05) is 17.0 Å². The lowest BCUT2D eigenvalue weighted by atomic mass is 10.1. The third-order valence-electron chi connectivity index (χ3n) is 4.27. The SMILES string of the molecule is CC(=O)SCC1CC(=O)N(c2ccc(N3CCOCC3)cc2)C1. The minimum atomic E-state index is 0.116. The molecule has 2 aliphatic heterocycles. The van der Waals surface area contributed by atoms with Gasteiger partial charge in [0.2, 0.25) is 5.91 Å². The van der Waals surface area contributed by atoms with E-state index in [-0.39, 0.29) is 16.9 Å². The average molecular weight is 334 g/mol. The van der Waals surface area contributed by atoms with Crippen molar-refractivity contribution in [1.29, 1.82) is 0 Å². The van der Waals surface area contributed by atoms with Gasteiger partial charge in [-0.2, -0.15) is 0 Å². The first-order valence-corrected chi connectivity index (χ1v) is 8.98. The maximum absolute atomic E-state index is 12.2. The lowest BCUT2D eigenvalue weighted by molar-refractivity contribution is -0.117. The van der Waals surface area contributed by atoms with Gasteiger partial charge in [-0.05, 0) is 30.2 Å². The van der Waals surface area contributed by atoms with Gasteiger partial charge in [0, 0.05) is 50.1 Å². The summed E-state index contributed by atoms with van der Waals surface area (Å²) in [5, 5.41) is 0.116. The van der Waals surface area contributed by atoms with Crippen molar-refractivity contribution in [3.05, 3.63) is 24.3 Å². The highest BCUT2D eigenvalue weighted by atomic mass is 32.2. The summed E-state index contributed by atoms with van der Waals surface area (Å²) >= 11 is 1.31. The number of rotatable bonds is 4. The molecule has 0 aromatic heterocycles. The van der Waals surface area contributed by atoms with E-state index in [0.29, 0.717) is 13.0 Å². The van der Waals surface area contributed by atoms with Crippen molar-refractivity contribution < 1.29 is 14.3 Å². The molecule has 2 fully saturated rings. The van der Waals surface area contributed by atoms with Crippen LogP contribution in [0.3, 0.4) is 0 Å². The molecule has 0 aliphatic carbocycles. The van der Waals surface area contributed by atoms with Gasteiger partial charge in [-0.25, -0.2) is 0 Å². The Morgan fingerprint density at radius 2 is 1.87 bits per heavy atom. The van der Waals surface area contributed by atoms with Gasteiger partial charge in [-0.1, -0.05) is 11.8 Å². The number of carbonyl (C=O) groups is 2. The second kappa shape index (κ2) is 7.36. The topological polar surface area (TPSA) is 49.9 Å². The predicted octanol–water partition coefficient (Wildman–Crippen LogP) is 2.16. The number of ether oxygens (including phenoxy) is 1. The molecule has 5 nitrogen and oxygen atoms in total. The molecular weight excluding hydrogens is 312 g/mol. The Morgan fingerprint density at radius 3 is 2.52 bits per heavy atom.